The van der Waals surface area contributed by atoms with E-state index in [0.717, 1.165) is 29.8 Å². The molecule has 0 saturated carbocycles. The Morgan fingerprint density at radius 3 is 2.52 bits per heavy atom. The Labute approximate surface area is 125 Å². The smallest absolute Gasteiger partial charge is 0.123 e. The molecule has 0 aromatic heterocycles. The van der Waals surface area contributed by atoms with E-state index in [2.05, 4.69) is 5.32 Å². The van der Waals surface area contributed by atoms with Crippen molar-refractivity contribution in [2.24, 2.45) is 0 Å². The van der Waals surface area contributed by atoms with E-state index in [4.69, 9.17) is 4.74 Å². The van der Waals surface area contributed by atoms with Crippen LogP contribution in [-0.4, -0.2) is 20.2 Å². The lowest BCUT2D eigenvalue weighted by Crippen LogP contribution is -2.11. The minimum absolute atomic E-state index is 0.220. The Morgan fingerprint density at radius 2 is 1.81 bits per heavy atom. The quantitative estimate of drug-likeness (QED) is 0.613. The second-order valence-corrected chi connectivity index (χ2v) is 4.76. The van der Waals surface area contributed by atoms with Crippen molar-refractivity contribution >= 4 is 12.2 Å². The van der Waals surface area contributed by atoms with E-state index >= 15 is 0 Å². The summed E-state index contributed by atoms with van der Waals surface area (Å²) in [6, 6.07) is 14.4. The first-order valence-electron chi connectivity index (χ1n) is 7.09. The van der Waals surface area contributed by atoms with Gasteiger partial charge in [0.1, 0.15) is 11.6 Å². The molecule has 0 atom stereocenters. The molecule has 0 aliphatic carbocycles. The third-order valence-corrected chi connectivity index (χ3v) is 3.04. The normalized spacial score (nSPS) is 11.0. The lowest BCUT2D eigenvalue weighted by molar-refractivity contribution is 0.310. The van der Waals surface area contributed by atoms with Gasteiger partial charge in [0.25, 0.3) is 0 Å². The van der Waals surface area contributed by atoms with Crippen molar-refractivity contribution in [2.45, 2.75) is 6.42 Å². The van der Waals surface area contributed by atoms with Gasteiger partial charge in [0.05, 0.1) is 6.61 Å². The predicted molar refractivity (Wildman–Crippen MR) is 85.8 cm³/mol. The lowest BCUT2D eigenvalue weighted by Gasteiger charge is -2.05. The monoisotopic (exact) mass is 285 g/mol. The second kappa shape index (κ2) is 8.22. The molecule has 21 heavy (non-hydrogen) atoms. The molecule has 2 aromatic carbocycles. The van der Waals surface area contributed by atoms with E-state index in [-0.39, 0.29) is 5.82 Å². The van der Waals surface area contributed by atoms with Gasteiger partial charge in [-0.25, -0.2) is 4.39 Å². The number of rotatable bonds is 7. The lowest BCUT2D eigenvalue weighted by atomic mass is 10.1. The molecule has 0 aliphatic heterocycles. The summed E-state index contributed by atoms with van der Waals surface area (Å²) in [5.74, 6) is 0.650. The van der Waals surface area contributed by atoms with E-state index in [1.807, 2.05) is 49.5 Å². The van der Waals surface area contributed by atoms with E-state index in [9.17, 15) is 4.39 Å². The molecule has 0 bridgehead atoms. The topological polar surface area (TPSA) is 21.3 Å². The van der Waals surface area contributed by atoms with Crippen LogP contribution in [0.4, 0.5) is 4.39 Å². The van der Waals surface area contributed by atoms with Gasteiger partial charge in [0.15, 0.2) is 0 Å². The molecule has 0 fully saturated rings. The van der Waals surface area contributed by atoms with Crippen LogP contribution in [-0.2, 0) is 0 Å². The van der Waals surface area contributed by atoms with Gasteiger partial charge < -0.3 is 10.1 Å². The summed E-state index contributed by atoms with van der Waals surface area (Å²) in [5, 5.41) is 3.08. The van der Waals surface area contributed by atoms with Crippen molar-refractivity contribution < 1.29 is 9.13 Å². The van der Waals surface area contributed by atoms with Crippen molar-refractivity contribution in [1.82, 2.24) is 5.32 Å². The molecule has 0 heterocycles. The van der Waals surface area contributed by atoms with Crippen LogP contribution in [0.25, 0.3) is 12.2 Å². The third kappa shape index (κ3) is 5.40. The van der Waals surface area contributed by atoms with E-state index in [1.165, 1.54) is 12.1 Å². The molecular formula is C18H20FNO. The number of nitrogens with one attached hydrogen (secondary N) is 1. The maximum atomic E-state index is 13.1. The maximum Gasteiger partial charge on any atom is 0.123 e. The molecule has 0 unspecified atom stereocenters. The Hall–Kier alpha value is -2.13. The molecule has 2 nitrogen and oxygen atoms in total. The fourth-order valence-corrected chi connectivity index (χ4v) is 1.92. The van der Waals surface area contributed by atoms with E-state index < -0.39 is 0 Å². The summed E-state index contributed by atoms with van der Waals surface area (Å²) in [6.07, 6.45) is 4.84. The summed E-state index contributed by atoms with van der Waals surface area (Å²) < 4.78 is 18.7. The largest absolute Gasteiger partial charge is 0.494 e. The van der Waals surface area contributed by atoms with Gasteiger partial charge in [-0.05, 0) is 55.4 Å². The molecule has 0 saturated heterocycles. The minimum atomic E-state index is -0.220. The third-order valence-electron chi connectivity index (χ3n) is 3.04. The van der Waals surface area contributed by atoms with E-state index in [0.29, 0.717) is 6.61 Å². The number of halogens is 1. The fraction of sp³-hybridized carbons (Fsp3) is 0.222. The van der Waals surface area contributed by atoms with Crippen molar-refractivity contribution in [2.75, 3.05) is 20.2 Å². The van der Waals surface area contributed by atoms with Gasteiger partial charge >= 0.3 is 0 Å². The van der Waals surface area contributed by atoms with Crippen molar-refractivity contribution in [1.29, 1.82) is 0 Å². The van der Waals surface area contributed by atoms with Crippen molar-refractivity contribution in [3.63, 3.8) is 0 Å². The molecule has 1 N–H and O–H groups in total. The standard InChI is InChI=1S/C18H20FNO/c1-20-12-3-13-21-18-10-8-15(9-11-18)6-7-16-4-2-5-17(19)14-16/h2,4-11,14,20H,3,12-13H2,1H3/b7-6+. The molecule has 3 heteroatoms. The Kier molecular flexibility index (Phi) is 5.98. The van der Waals surface area contributed by atoms with Gasteiger partial charge in [-0.3, -0.25) is 0 Å². The molecule has 0 radical (unpaired) electrons. The summed E-state index contributed by atoms with van der Waals surface area (Å²) in [5.41, 5.74) is 1.91. The van der Waals surface area contributed by atoms with Gasteiger partial charge in [-0.1, -0.05) is 36.4 Å². The Morgan fingerprint density at radius 1 is 1.05 bits per heavy atom. The zero-order chi connectivity index (χ0) is 14.9. The van der Waals surface area contributed by atoms with Gasteiger partial charge in [-0.15, -0.1) is 0 Å². The first-order valence-corrected chi connectivity index (χ1v) is 7.09. The van der Waals surface area contributed by atoms with Crippen LogP contribution < -0.4 is 10.1 Å². The van der Waals surface area contributed by atoms with Gasteiger partial charge in [0.2, 0.25) is 0 Å². The second-order valence-electron chi connectivity index (χ2n) is 4.76. The Bertz CT molecular complexity index is 578. The van der Waals surface area contributed by atoms with Crippen LogP contribution in [0.3, 0.4) is 0 Å². The molecular weight excluding hydrogens is 265 g/mol. The first-order chi connectivity index (χ1) is 10.3. The summed E-state index contributed by atoms with van der Waals surface area (Å²) >= 11 is 0. The van der Waals surface area contributed by atoms with Crippen LogP contribution in [0.1, 0.15) is 17.5 Å². The Balaban J connectivity index is 1.90. The molecule has 0 amide bonds. The molecule has 110 valence electrons. The van der Waals surface area contributed by atoms with Crippen LogP contribution in [0.15, 0.2) is 48.5 Å². The van der Waals surface area contributed by atoms with E-state index in [1.54, 1.807) is 6.07 Å². The first kappa shape index (κ1) is 15.3. The highest BCUT2D eigenvalue weighted by Crippen LogP contribution is 2.15. The summed E-state index contributed by atoms with van der Waals surface area (Å²) in [7, 11) is 1.93. The molecule has 0 spiro atoms. The minimum Gasteiger partial charge on any atom is -0.494 e. The highest BCUT2D eigenvalue weighted by molar-refractivity contribution is 5.69. The summed E-state index contributed by atoms with van der Waals surface area (Å²) in [6.45, 7) is 1.66. The zero-order valence-electron chi connectivity index (χ0n) is 12.2. The average molecular weight is 285 g/mol. The summed E-state index contributed by atoms with van der Waals surface area (Å²) in [4.78, 5) is 0. The highest BCUT2D eigenvalue weighted by Gasteiger charge is 1.94. The predicted octanol–water partition coefficient (Wildman–Crippen LogP) is 3.98. The number of ether oxygens (including phenoxy) is 1. The van der Waals surface area contributed by atoms with Crippen molar-refractivity contribution in [3.05, 3.63) is 65.5 Å². The van der Waals surface area contributed by atoms with Crippen LogP contribution in [0.2, 0.25) is 0 Å². The molecule has 0 aliphatic rings. The van der Waals surface area contributed by atoms with Crippen LogP contribution >= 0.6 is 0 Å². The maximum absolute atomic E-state index is 13.1. The SMILES string of the molecule is CNCCCOc1ccc(/C=C/c2cccc(F)c2)cc1. The highest BCUT2D eigenvalue weighted by atomic mass is 19.1. The molecule has 2 aromatic rings. The van der Waals surface area contributed by atoms with Crippen LogP contribution in [0, 0.1) is 5.82 Å². The fourth-order valence-electron chi connectivity index (χ4n) is 1.92. The van der Waals surface area contributed by atoms with Gasteiger partial charge in [0, 0.05) is 0 Å². The van der Waals surface area contributed by atoms with Crippen molar-refractivity contribution in [3.8, 4) is 5.75 Å². The number of hydrogen-bond acceptors (Lipinski definition) is 2. The van der Waals surface area contributed by atoms with Gasteiger partial charge in [-0.2, -0.15) is 0 Å². The van der Waals surface area contributed by atoms with Crippen LogP contribution in [0.5, 0.6) is 5.75 Å². The molecule has 2 rings (SSSR count). The number of hydrogen-bond donors (Lipinski definition) is 1. The average Bonchev–Trinajstić information content (AvgIpc) is 2.51. The zero-order valence-corrected chi connectivity index (χ0v) is 12.2. The number of benzene rings is 2.